The third-order valence-electron chi connectivity index (χ3n) is 5.85. The summed E-state index contributed by atoms with van der Waals surface area (Å²) < 4.78 is 0. The lowest BCUT2D eigenvalue weighted by atomic mass is 10.0. The largest absolute Gasteiger partial charge is 0.277 e. The van der Waals surface area contributed by atoms with E-state index >= 15 is 0 Å². The molecule has 2 heterocycles. The van der Waals surface area contributed by atoms with Crippen LogP contribution in [0.5, 0.6) is 0 Å². The number of amides is 2. The molecule has 5 aromatic rings. The Labute approximate surface area is 183 Å². The van der Waals surface area contributed by atoms with Crippen molar-refractivity contribution >= 4 is 51.3 Å². The van der Waals surface area contributed by atoms with Crippen molar-refractivity contribution in [1.29, 1.82) is 0 Å². The molecule has 32 heavy (non-hydrogen) atoms. The summed E-state index contributed by atoms with van der Waals surface area (Å²) in [4.78, 5) is 27.8. The van der Waals surface area contributed by atoms with E-state index < -0.39 is 0 Å². The van der Waals surface area contributed by atoms with Crippen molar-refractivity contribution in [2.75, 3.05) is 4.90 Å². The van der Waals surface area contributed by atoms with Gasteiger partial charge >= 0.3 is 0 Å². The maximum absolute atomic E-state index is 13.3. The molecule has 0 unspecified atom stereocenters. The first-order valence-corrected chi connectivity index (χ1v) is 10.3. The van der Waals surface area contributed by atoms with E-state index in [2.05, 4.69) is 10.2 Å². The Bertz CT molecular complexity index is 1520. The summed E-state index contributed by atoms with van der Waals surface area (Å²) >= 11 is 0. The molecule has 6 rings (SSSR count). The third kappa shape index (κ3) is 2.76. The molecular formula is C27H17N3O2. The number of hydrogen-bond donors (Lipinski definition) is 1. The van der Waals surface area contributed by atoms with Gasteiger partial charge in [0.05, 0.1) is 28.0 Å². The van der Waals surface area contributed by atoms with Crippen LogP contribution in [0.3, 0.4) is 0 Å². The summed E-state index contributed by atoms with van der Waals surface area (Å²) in [7, 11) is 0. The molecule has 1 N–H and O–H groups in total. The molecule has 1 aromatic heterocycles. The Morgan fingerprint density at radius 1 is 0.719 bits per heavy atom. The Hall–Kier alpha value is -4.51. The Morgan fingerprint density at radius 3 is 2.09 bits per heavy atom. The predicted molar refractivity (Wildman–Crippen MR) is 127 cm³/mol. The van der Waals surface area contributed by atoms with Crippen LogP contribution in [0.15, 0.2) is 84.9 Å². The van der Waals surface area contributed by atoms with Gasteiger partial charge in [-0.15, -0.1) is 0 Å². The second-order valence-corrected chi connectivity index (χ2v) is 7.74. The van der Waals surface area contributed by atoms with E-state index in [9.17, 15) is 9.59 Å². The van der Waals surface area contributed by atoms with Crippen molar-refractivity contribution in [3.63, 3.8) is 0 Å². The van der Waals surface area contributed by atoms with E-state index in [1.54, 1.807) is 18.2 Å². The molecule has 0 radical (unpaired) electrons. The number of hydrogen-bond acceptors (Lipinski definition) is 3. The highest BCUT2D eigenvalue weighted by molar-refractivity contribution is 6.35. The summed E-state index contributed by atoms with van der Waals surface area (Å²) in [6.07, 6.45) is 3.78. The molecule has 0 saturated carbocycles. The van der Waals surface area contributed by atoms with Crippen molar-refractivity contribution in [1.82, 2.24) is 10.2 Å². The molecule has 152 valence electrons. The standard InChI is InChI=1S/C27H17N3O2/c31-26-21-15-18-8-1-2-9-19(18)16-22(21)27(32)30(26)25-12-6-3-7-17(25)13-14-24-20-10-4-5-11-23(20)28-29-24/h1-16H,(H,28,29). The number of nitrogens with zero attached hydrogens (tertiary/aromatic N) is 2. The van der Waals surface area contributed by atoms with Crippen molar-refractivity contribution in [2.24, 2.45) is 0 Å². The summed E-state index contributed by atoms with van der Waals surface area (Å²) in [5, 5.41) is 10.3. The monoisotopic (exact) mass is 415 g/mol. The minimum absolute atomic E-state index is 0.304. The number of benzene rings is 4. The highest BCUT2D eigenvalue weighted by Crippen LogP contribution is 2.34. The van der Waals surface area contributed by atoms with Gasteiger partial charge < -0.3 is 0 Å². The van der Waals surface area contributed by atoms with Crippen LogP contribution in [0.4, 0.5) is 5.69 Å². The van der Waals surface area contributed by atoms with Crippen molar-refractivity contribution in [3.05, 3.63) is 107 Å². The summed E-state index contributed by atoms with van der Waals surface area (Å²) in [5.41, 5.74) is 3.94. The second kappa shape index (κ2) is 7.03. The normalized spacial score (nSPS) is 13.6. The molecule has 0 atom stereocenters. The smallest absolute Gasteiger partial charge is 0.266 e. The molecule has 1 aliphatic rings. The van der Waals surface area contributed by atoms with Gasteiger partial charge in [-0.25, -0.2) is 4.90 Å². The molecule has 0 aliphatic carbocycles. The number of carbonyl (C=O) groups is 2. The van der Waals surface area contributed by atoms with Gasteiger partial charge in [0.1, 0.15) is 0 Å². The zero-order valence-corrected chi connectivity index (χ0v) is 16.9. The number of rotatable bonds is 3. The van der Waals surface area contributed by atoms with Crippen LogP contribution >= 0.6 is 0 Å². The molecule has 0 fully saturated rings. The fourth-order valence-electron chi connectivity index (χ4n) is 4.26. The highest BCUT2D eigenvalue weighted by Gasteiger charge is 2.37. The van der Waals surface area contributed by atoms with Gasteiger partial charge in [-0.05, 0) is 46.7 Å². The highest BCUT2D eigenvalue weighted by atomic mass is 16.2. The lowest BCUT2D eigenvalue weighted by Gasteiger charge is -2.16. The predicted octanol–water partition coefficient (Wildman–Crippen LogP) is 5.69. The minimum Gasteiger partial charge on any atom is -0.277 e. The Morgan fingerprint density at radius 2 is 1.34 bits per heavy atom. The lowest BCUT2D eigenvalue weighted by molar-refractivity contribution is 0.0926. The number of nitrogens with one attached hydrogen (secondary N) is 1. The van der Waals surface area contributed by atoms with Crippen LogP contribution in [0.1, 0.15) is 32.0 Å². The SMILES string of the molecule is O=C1c2cc3ccccc3cc2C(=O)N1c1ccccc1C=Cc1n[nH]c2ccccc12. The second-order valence-electron chi connectivity index (χ2n) is 7.74. The maximum atomic E-state index is 13.3. The summed E-state index contributed by atoms with van der Waals surface area (Å²) in [6, 6.07) is 26.6. The van der Waals surface area contributed by atoms with E-state index in [-0.39, 0.29) is 11.8 Å². The zero-order valence-electron chi connectivity index (χ0n) is 16.9. The van der Waals surface area contributed by atoms with Gasteiger partial charge in [0, 0.05) is 5.39 Å². The molecule has 2 amide bonds. The van der Waals surface area contributed by atoms with Crippen LogP contribution in [-0.4, -0.2) is 22.0 Å². The quantitative estimate of drug-likeness (QED) is 0.385. The van der Waals surface area contributed by atoms with Crippen LogP contribution in [-0.2, 0) is 0 Å². The summed E-state index contributed by atoms with van der Waals surface area (Å²) in [5.74, 6) is -0.608. The first-order chi connectivity index (χ1) is 15.7. The van der Waals surface area contributed by atoms with Gasteiger partial charge in [0.15, 0.2) is 0 Å². The number of carbonyl (C=O) groups excluding carboxylic acids is 2. The lowest BCUT2D eigenvalue weighted by Crippen LogP contribution is -2.29. The van der Waals surface area contributed by atoms with E-state index in [0.717, 1.165) is 32.9 Å². The topological polar surface area (TPSA) is 66.1 Å². The third-order valence-corrected chi connectivity index (χ3v) is 5.85. The van der Waals surface area contributed by atoms with Crippen LogP contribution in [0.25, 0.3) is 33.8 Å². The van der Waals surface area contributed by atoms with Crippen molar-refractivity contribution in [3.8, 4) is 0 Å². The molecule has 1 aliphatic heterocycles. The minimum atomic E-state index is -0.304. The van der Waals surface area contributed by atoms with E-state index in [4.69, 9.17) is 0 Å². The molecule has 4 aromatic carbocycles. The number of imide groups is 1. The fourth-order valence-corrected chi connectivity index (χ4v) is 4.26. The van der Waals surface area contributed by atoms with Crippen molar-refractivity contribution in [2.45, 2.75) is 0 Å². The van der Waals surface area contributed by atoms with Gasteiger partial charge in [-0.3, -0.25) is 14.7 Å². The number of aromatic nitrogens is 2. The molecule has 0 bridgehead atoms. The number of fused-ring (bicyclic) bond motifs is 3. The first-order valence-electron chi connectivity index (χ1n) is 10.3. The number of H-pyrrole nitrogens is 1. The van der Waals surface area contributed by atoms with Crippen LogP contribution in [0, 0.1) is 0 Å². The number of para-hydroxylation sites is 2. The van der Waals surface area contributed by atoms with Crippen molar-refractivity contribution < 1.29 is 9.59 Å². The zero-order chi connectivity index (χ0) is 21.7. The van der Waals surface area contributed by atoms with Gasteiger partial charge in [0.2, 0.25) is 0 Å². The van der Waals surface area contributed by atoms with E-state index in [0.29, 0.717) is 16.8 Å². The van der Waals surface area contributed by atoms with E-state index in [1.807, 2.05) is 78.9 Å². The average molecular weight is 415 g/mol. The van der Waals surface area contributed by atoms with Crippen LogP contribution < -0.4 is 4.90 Å². The maximum Gasteiger partial charge on any atom is 0.266 e. The fraction of sp³-hybridized carbons (Fsp3) is 0. The summed E-state index contributed by atoms with van der Waals surface area (Å²) in [6.45, 7) is 0. The molecule has 0 spiro atoms. The molecule has 5 nitrogen and oxygen atoms in total. The van der Waals surface area contributed by atoms with Gasteiger partial charge in [0.25, 0.3) is 11.8 Å². The first kappa shape index (κ1) is 18.3. The molecule has 0 saturated heterocycles. The molecular weight excluding hydrogens is 398 g/mol. The Balaban J connectivity index is 1.42. The average Bonchev–Trinajstić information content (AvgIpc) is 3.35. The number of aromatic amines is 1. The van der Waals surface area contributed by atoms with E-state index in [1.165, 1.54) is 4.90 Å². The van der Waals surface area contributed by atoms with Crippen LogP contribution in [0.2, 0.25) is 0 Å². The van der Waals surface area contributed by atoms with Gasteiger partial charge in [-0.2, -0.15) is 5.10 Å². The Kier molecular flexibility index (Phi) is 4.01. The molecule has 5 heteroatoms. The number of anilines is 1. The van der Waals surface area contributed by atoms with Gasteiger partial charge in [-0.1, -0.05) is 66.7 Å².